The zero-order chi connectivity index (χ0) is 22.1. The number of nitrogens with zero attached hydrogens (tertiary/aromatic N) is 4. The van der Waals surface area contributed by atoms with Crippen molar-refractivity contribution in [2.45, 2.75) is 13.3 Å². The summed E-state index contributed by atoms with van der Waals surface area (Å²) < 4.78 is 14.5. The minimum Gasteiger partial charge on any atom is -0.371 e. The van der Waals surface area contributed by atoms with Gasteiger partial charge in [0.05, 0.1) is 21.9 Å². The van der Waals surface area contributed by atoms with Gasteiger partial charge in [0, 0.05) is 57.0 Å². The third-order valence-electron chi connectivity index (χ3n) is 5.88. The van der Waals surface area contributed by atoms with Gasteiger partial charge in [-0.2, -0.15) is 0 Å². The zero-order valence-electron chi connectivity index (χ0n) is 17.2. The van der Waals surface area contributed by atoms with Crippen molar-refractivity contribution in [1.82, 2.24) is 4.90 Å². The lowest BCUT2D eigenvalue weighted by Crippen LogP contribution is -2.49. The summed E-state index contributed by atoms with van der Waals surface area (Å²) in [5.41, 5.74) is 1.65. The second-order valence-corrected chi connectivity index (χ2v) is 7.80. The largest absolute Gasteiger partial charge is 0.371 e. The van der Waals surface area contributed by atoms with Gasteiger partial charge in [0.2, 0.25) is 0 Å². The number of halogens is 1. The van der Waals surface area contributed by atoms with Crippen LogP contribution in [0.3, 0.4) is 0 Å². The molecule has 2 saturated heterocycles. The van der Waals surface area contributed by atoms with E-state index in [0.29, 0.717) is 43.0 Å². The van der Waals surface area contributed by atoms with E-state index in [-0.39, 0.29) is 17.4 Å². The molecule has 8 nitrogen and oxygen atoms in total. The first-order valence-corrected chi connectivity index (χ1v) is 10.2. The lowest BCUT2D eigenvalue weighted by molar-refractivity contribution is -0.384. The molecule has 0 radical (unpaired) electrons. The first kappa shape index (κ1) is 20.8. The molecule has 0 spiro atoms. The predicted octanol–water partition coefficient (Wildman–Crippen LogP) is 3.11. The summed E-state index contributed by atoms with van der Waals surface area (Å²) in [4.78, 5) is 40.9. The number of Topliss-reactive ketones (excluding diaryl/α,β-unsaturated/α-hetero) is 1. The fourth-order valence-corrected chi connectivity index (χ4v) is 3.94. The molecule has 2 aromatic rings. The normalized spacial score (nSPS) is 16.1. The van der Waals surface area contributed by atoms with E-state index in [2.05, 4.69) is 0 Å². The molecule has 4 rings (SSSR count). The average Bonchev–Trinajstić information content (AvgIpc) is 2.72. The Morgan fingerprint density at radius 2 is 1.58 bits per heavy atom. The van der Waals surface area contributed by atoms with Crippen LogP contribution in [-0.2, 0) is 0 Å². The van der Waals surface area contributed by atoms with Crippen LogP contribution in [0.4, 0.5) is 21.5 Å². The molecule has 162 valence electrons. The highest BCUT2D eigenvalue weighted by atomic mass is 19.1. The standard InChI is InChI=1S/C22H23FN4O4/c1-15(28)16-3-5-21(19(23)13-16)25-9-11-26(12-10-25)22(29)18-14-17(27(30)31)4-6-20(18)24-7-2-8-24/h3-6,13-14H,2,7-12H2,1H3. The second-order valence-electron chi connectivity index (χ2n) is 7.80. The molecule has 0 bridgehead atoms. The van der Waals surface area contributed by atoms with Crippen molar-refractivity contribution in [3.63, 3.8) is 0 Å². The van der Waals surface area contributed by atoms with Gasteiger partial charge in [0.25, 0.3) is 11.6 Å². The SMILES string of the molecule is CC(=O)c1ccc(N2CCN(C(=O)c3cc([N+](=O)[O-])ccc3N3CCC3)CC2)c(F)c1. The van der Waals surface area contributed by atoms with E-state index in [1.807, 2.05) is 9.80 Å². The van der Waals surface area contributed by atoms with Crippen molar-refractivity contribution in [3.8, 4) is 0 Å². The van der Waals surface area contributed by atoms with Crippen LogP contribution < -0.4 is 9.80 Å². The number of carbonyl (C=O) groups is 2. The number of anilines is 2. The Bertz CT molecular complexity index is 1050. The van der Waals surface area contributed by atoms with Gasteiger partial charge in [-0.15, -0.1) is 0 Å². The highest BCUT2D eigenvalue weighted by molar-refractivity contribution is 6.01. The lowest BCUT2D eigenvalue weighted by atomic mass is 10.1. The molecule has 2 fully saturated rings. The maximum Gasteiger partial charge on any atom is 0.270 e. The summed E-state index contributed by atoms with van der Waals surface area (Å²) in [7, 11) is 0. The van der Waals surface area contributed by atoms with E-state index in [0.717, 1.165) is 25.2 Å². The number of benzene rings is 2. The Morgan fingerprint density at radius 1 is 0.935 bits per heavy atom. The molecule has 0 N–H and O–H groups in total. The number of nitro benzene ring substituents is 1. The molecular formula is C22H23FN4O4. The molecule has 9 heteroatoms. The fraction of sp³-hybridized carbons (Fsp3) is 0.364. The number of amides is 1. The van der Waals surface area contributed by atoms with Crippen molar-refractivity contribution in [1.29, 1.82) is 0 Å². The third-order valence-corrected chi connectivity index (χ3v) is 5.88. The van der Waals surface area contributed by atoms with Crippen LogP contribution in [0.5, 0.6) is 0 Å². The van der Waals surface area contributed by atoms with E-state index in [9.17, 15) is 24.1 Å². The van der Waals surface area contributed by atoms with Crippen molar-refractivity contribution in [3.05, 3.63) is 63.5 Å². The molecule has 0 unspecified atom stereocenters. The first-order valence-electron chi connectivity index (χ1n) is 10.2. The number of hydrogen-bond acceptors (Lipinski definition) is 6. The molecule has 1 amide bonds. The van der Waals surface area contributed by atoms with Crippen molar-refractivity contribution in [2.75, 3.05) is 49.1 Å². The number of nitro groups is 1. The van der Waals surface area contributed by atoms with Gasteiger partial charge in [0.15, 0.2) is 5.78 Å². The molecule has 2 aromatic carbocycles. The van der Waals surface area contributed by atoms with Crippen LogP contribution in [0.1, 0.15) is 34.1 Å². The number of non-ortho nitro benzene ring substituents is 1. The van der Waals surface area contributed by atoms with Crippen LogP contribution in [0, 0.1) is 15.9 Å². The van der Waals surface area contributed by atoms with Gasteiger partial charge in [0.1, 0.15) is 5.82 Å². The van der Waals surface area contributed by atoms with Gasteiger partial charge < -0.3 is 14.7 Å². The minimum atomic E-state index is -0.498. The molecule has 2 heterocycles. The predicted molar refractivity (Wildman–Crippen MR) is 114 cm³/mol. The van der Waals surface area contributed by atoms with Crippen LogP contribution in [0.25, 0.3) is 0 Å². The number of carbonyl (C=O) groups excluding carboxylic acids is 2. The van der Waals surface area contributed by atoms with Crippen molar-refractivity contribution < 1.29 is 18.9 Å². The Morgan fingerprint density at radius 3 is 2.13 bits per heavy atom. The van der Waals surface area contributed by atoms with Crippen LogP contribution in [-0.4, -0.2) is 60.8 Å². The summed E-state index contributed by atoms with van der Waals surface area (Å²) in [6.07, 6.45) is 1.03. The van der Waals surface area contributed by atoms with Gasteiger partial charge >= 0.3 is 0 Å². The first-order chi connectivity index (χ1) is 14.8. The third kappa shape index (κ3) is 4.08. The van der Waals surface area contributed by atoms with E-state index >= 15 is 0 Å². The average molecular weight is 426 g/mol. The van der Waals surface area contributed by atoms with E-state index in [4.69, 9.17) is 0 Å². The van der Waals surface area contributed by atoms with E-state index < -0.39 is 10.7 Å². The summed E-state index contributed by atoms with van der Waals surface area (Å²) in [5.74, 6) is -0.917. The summed E-state index contributed by atoms with van der Waals surface area (Å²) in [6, 6.07) is 8.84. The minimum absolute atomic E-state index is 0.112. The Kier molecular flexibility index (Phi) is 5.58. The van der Waals surface area contributed by atoms with E-state index in [1.165, 1.54) is 25.1 Å². The quantitative estimate of drug-likeness (QED) is 0.415. The Balaban J connectivity index is 1.50. The summed E-state index contributed by atoms with van der Waals surface area (Å²) in [5, 5.41) is 11.2. The second kappa shape index (κ2) is 8.33. The number of hydrogen-bond donors (Lipinski definition) is 0. The summed E-state index contributed by atoms with van der Waals surface area (Å²) in [6.45, 7) is 4.62. The molecule has 0 aromatic heterocycles. The van der Waals surface area contributed by atoms with Gasteiger partial charge in [-0.25, -0.2) is 4.39 Å². The molecule has 0 saturated carbocycles. The van der Waals surface area contributed by atoms with Crippen LogP contribution >= 0.6 is 0 Å². The lowest BCUT2D eigenvalue weighted by Gasteiger charge is -2.38. The van der Waals surface area contributed by atoms with Gasteiger partial charge in [-0.05, 0) is 37.6 Å². The molecule has 0 atom stereocenters. The maximum absolute atomic E-state index is 14.5. The smallest absolute Gasteiger partial charge is 0.270 e. The fourth-order valence-electron chi connectivity index (χ4n) is 3.94. The molecule has 2 aliphatic rings. The van der Waals surface area contributed by atoms with E-state index in [1.54, 1.807) is 23.1 Å². The number of piperazine rings is 1. The zero-order valence-corrected chi connectivity index (χ0v) is 17.2. The Hall–Kier alpha value is -3.49. The highest BCUT2D eigenvalue weighted by Crippen LogP contribution is 2.30. The highest BCUT2D eigenvalue weighted by Gasteiger charge is 2.29. The van der Waals surface area contributed by atoms with Crippen LogP contribution in [0.2, 0.25) is 0 Å². The Labute approximate surface area is 179 Å². The van der Waals surface area contributed by atoms with Crippen molar-refractivity contribution >= 4 is 28.8 Å². The van der Waals surface area contributed by atoms with Crippen LogP contribution in [0.15, 0.2) is 36.4 Å². The molecular weight excluding hydrogens is 403 g/mol. The monoisotopic (exact) mass is 426 g/mol. The number of ketones is 1. The molecule has 0 aliphatic carbocycles. The molecule has 31 heavy (non-hydrogen) atoms. The summed E-state index contributed by atoms with van der Waals surface area (Å²) >= 11 is 0. The van der Waals surface area contributed by atoms with Crippen molar-refractivity contribution in [2.24, 2.45) is 0 Å². The topological polar surface area (TPSA) is 87.0 Å². The van der Waals surface area contributed by atoms with Gasteiger partial charge in [-0.1, -0.05) is 0 Å². The number of rotatable bonds is 5. The van der Waals surface area contributed by atoms with Gasteiger partial charge in [-0.3, -0.25) is 19.7 Å². The molecule has 2 aliphatic heterocycles. The maximum atomic E-state index is 14.5.